The topological polar surface area (TPSA) is 43.3 Å². The number of nitrogens with zero attached hydrogens (tertiary/aromatic N) is 2. The highest BCUT2D eigenvalue weighted by atomic mass is 35.5. The lowest BCUT2D eigenvalue weighted by atomic mass is 10.2. The molecular weight excluding hydrogens is 186 g/mol. The Hall–Kier alpha value is -1.06. The van der Waals surface area contributed by atoms with Gasteiger partial charge in [0.2, 0.25) is 0 Å². The van der Waals surface area contributed by atoms with Crippen LogP contribution in [0.1, 0.15) is 11.4 Å². The normalized spacial score (nSPS) is 11.0. The van der Waals surface area contributed by atoms with Crippen molar-refractivity contribution in [2.45, 2.75) is 13.5 Å². The molecule has 0 saturated carbocycles. The van der Waals surface area contributed by atoms with Crippen molar-refractivity contribution < 1.29 is 0 Å². The summed E-state index contributed by atoms with van der Waals surface area (Å²) in [6, 6.07) is 3.93. The third kappa shape index (κ3) is 1.30. The maximum Gasteiger partial charge on any atom is 0.155 e. The number of nitrogens with two attached hydrogens (primary N) is 1. The quantitative estimate of drug-likeness (QED) is 0.754. The van der Waals surface area contributed by atoms with E-state index < -0.39 is 0 Å². The Morgan fingerprint density at radius 2 is 2.38 bits per heavy atom. The molecule has 0 fully saturated rings. The standard InChI is InChI=1S/C9H10ClN3/c1-6-12-9(10)8-4-7(5-11)2-3-13(6)8/h2-4H,5,11H2,1H3. The second kappa shape index (κ2) is 3.01. The molecule has 3 nitrogen and oxygen atoms in total. The minimum atomic E-state index is 0.525. The fourth-order valence-corrected chi connectivity index (χ4v) is 1.63. The SMILES string of the molecule is Cc1nc(Cl)c2cc(CN)ccn12. The van der Waals surface area contributed by atoms with Crippen molar-refractivity contribution in [1.29, 1.82) is 0 Å². The molecular formula is C9H10ClN3. The number of pyridine rings is 1. The Bertz CT molecular complexity index is 447. The van der Waals surface area contributed by atoms with Crippen LogP contribution in [0, 0.1) is 6.92 Å². The largest absolute Gasteiger partial charge is 0.326 e. The van der Waals surface area contributed by atoms with E-state index in [0.29, 0.717) is 11.7 Å². The summed E-state index contributed by atoms with van der Waals surface area (Å²) in [5.74, 6) is 0.892. The summed E-state index contributed by atoms with van der Waals surface area (Å²) in [4.78, 5) is 4.15. The number of rotatable bonds is 1. The minimum absolute atomic E-state index is 0.525. The number of imidazole rings is 1. The minimum Gasteiger partial charge on any atom is -0.326 e. The van der Waals surface area contributed by atoms with E-state index in [9.17, 15) is 0 Å². The van der Waals surface area contributed by atoms with Crippen LogP contribution in [0.25, 0.3) is 5.52 Å². The van der Waals surface area contributed by atoms with Gasteiger partial charge < -0.3 is 10.1 Å². The van der Waals surface area contributed by atoms with Gasteiger partial charge in [-0.3, -0.25) is 0 Å². The van der Waals surface area contributed by atoms with Crippen molar-refractivity contribution in [2.75, 3.05) is 0 Å². The summed E-state index contributed by atoms with van der Waals surface area (Å²) >= 11 is 5.93. The predicted molar refractivity (Wildman–Crippen MR) is 52.8 cm³/mol. The lowest BCUT2D eigenvalue weighted by molar-refractivity contribution is 1.02. The zero-order valence-corrected chi connectivity index (χ0v) is 8.04. The molecule has 0 aliphatic rings. The Morgan fingerprint density at radius 3 is 3.08 bits per heavy atom. The van der Waals surface area contributed by atoms with Gasteiger partial charge in [0.05, 0.1) is 5.52 Å². The summed E-state index contributed by atoms with van der Waals surface area (Å²) in [5, 5.41) is 0.535. The van der Waals surface area contributed by atoms with E-state index in [1.54, 1.807) is 0 Å². The first kappa shape index (κ1) is 8.53. The fraction of sp³-hybridized carbons (Fsp3) is 0.222. The summed E-state index contributed by atoms with van der Waals surface area (Å²) in [7, 11) is 0. The van der Waals surface area contributed by atoms with Gasteiger partial charge in [0, 0.05) is 12.7 Å². The summed E-state index contributed by atoms with van der Waals surface area (Å²) in [6.07, 6.45) is 1.94. The molecule has 0 aromatic carbocycles. The van der Waals surface area contributed by atoms with Crippen LogP contribution in [0.2, 0.25) is 5.15 Å². The molecule has 0 bridgehead atoms. The molecule has 0 radical (unpaired) electrons. The number of aryl methyl sites for hydroxylation is 1. The van der Waals surface area contributed by atoms with Crippen molar-refractivity contribution in [2.24, 2.45) is 5.73 Å². The molecule has 0 atom stereocenters. The number of hydrogen-bond acceptors (Lipinski definition) is 2. The van der Waals surface area contributed by atoms with Crippen LogP contribution in [0.3, 0.4) is 0 Å². The molecule has 68 valence electrons. The molecule has 2 aromatic rings. The zero-order valence-electron chi connectivity index (χ0n) is 7.29. The average molecular weight is 196 g/mol. The highest BCUT2D eigenvalue weighted by molar-refractivity contribution is 6.32. The average Bonchev–Trinajstić information content (AvgIpc) is 2.42. The molecule has 2 rings (SSSR count). The van der Waals surface area contributed by atoms with Crippen molar-refractivity contribution in [3.8, 4) is 0 Å². The van der Waals surface area contributed by atoms with Crippen LogP contribution < -0.4 is 5.73 Å². The molecule has 2 heterocycles. The monoisotopic (exact) mass is 195 g/mol. The fourth-order valence-electron chi connectivity index (χ4n) is 1.37. The molecule has 0 spiro atoms. The lowest BCUT2D eigenvalue weighted by Crippen LogP contribution is -1.97. The molecule has 4 heteroatoms. The molecule has 13 heavy (non-hydrogen) atoms. The van der Waals surface area contributed by atoms with Crippen LogP contribution in [-0.2, 0) is 6.54 Å². The number of hydrogen-bond donors (Lipinski definition) is 1. The summed E-state index contributed by atoms with van der Waals surface area (Å²) in [5.41, 5.74) is 7.51. The molecule has 0 saturated heterocycles. The van der Waals surface area contributed by atoms with Gasteiger partial charge in [-0.15, -0.1) is 0 Å². The van der Waals surface area contributed by atoms with E-state index in [0.717, 1.165) is 16.9 Å². The Labute approximate surface area is 81.1 Å². The van der Waals surface area contributed by atoms with Gasteiger partial charge in [-0.1, -0.05) is 11.6 Å². The third-order valence-corrected chi connectivity index (χ3v) is 2.35. The smallest absolute Gasteiger partial charge is 0.155 e. The first-order chi connectivity index (χ1) is 6.22. The van der Waals surface area contributed by atoms with Gasteiger partial charge >= 0.3 is 0 Å². The number of aromatic nitrogens is 2. The highest BCUT2D eigenvalue weighted by Gasteiger charge is 2.05. The third-order valence-electron chi connectivity index (χ3n) is 2.07. The Morgan fingerprint density at radius 1 is 1.62 bits per heavy atom. The highest BCUT2D eigenvalue weighted by Crippen LogP contribution is 2.18. The maximum atomic E-state index is 5.93. The second-order valence-electron chi connectivity index (χ2n) is 2.94. The van der Waals surface area contributed by atoms with E-state index in [2.05, 4.69) is 4.98 Å². The first-order valence-corrected chi connectivity index (χ1v) is 4.43. The molecule has 0 amide bonds. The van der Waals surface area contributed by atoms with Crippen LogP contribution in [0.4, 0.5) is 0 Å². The van der Waals surface area contributed by atoms with Crippen molar-refractivity contribution >= 4 is 17.1 Å². The Balaban J connectivity index is 2.76. The summed E-state index contributed by atoms with van der Waals surface area (Å²) in [6.45, 7) is 2.44. The van der Waals surface area contributed by atoms with Gasteiger partial charge in [-0.05, 0) is 24.6 Å². The summed E-state index contributed by atoms with van der Waals surface area (Å²) < 4.78 is 1.95. The number of fused-ring (bicyclic) bond motifs is 1. The van der Waals surface area contributed by atoms with E-state index in [4.69, 9.17) is 17.3 Å². The van der Waals surface area contributed by atoms with Gasteiger partial charge in [0.25, 0.3) is 0 Å². The molecule has 2 N–H and O–H groups in total. The first-order valence-electron chi connectivity index (χ1n) is 4.05. The van der Waals surface area contributed by atoms with E-state index in [-0.39, 0.29) is 0 Å². The van der Waals surface area contributed by atoms with Crippen LogP contribution in [0.5, 0.6) is 0 Å². The molecule has 0 unspecified atom stereocenters. The van der Waals surface area contributed by atoms with Gasteiger partial charge in [0.15, 0.2) is 5.15 Å². The van der Waals surface area contributed by atoms with Crippen LogP contribution in [-0.4, -0.2) is 9.38 Å². The lowest BCUT2D eigenvalue weighted by Gasteiger charge is -1.99. The zero-order chi connectivity index (χ0) is 9.42. The predicted octanol–water partition coefficient (Wildman–Crippen LogP) is 1.75. The van der Waals surface area contributed by atoms with E-state index >= 15 is 0 Å². The van der Waals surface area contributed by atoms with Gasteiger partial charge in [-0.25, -0.2) is 4.98 Å². The molecule has 2 aromatic heterocycles. The molecule has 0 aliphatic heterocycles. The second-order valence-corrected chi connectivity index (χ2v) is 3.30. The van der Waals surface area contributed by atoms with E-state index in [1.165, 1.54) is 0 Å². The van der Waals surface area contributed by atoms with Crippen LogP contribution in [0.15, 0.2) is 18.3 Å². The van der Waals surface area contributed by atoms with Crippen LogP contribution >= 0.6 is 11.6 Å². The van der Waals surface area contributed by atoms with Gasteiger partial charge in [0.1, 0.15) is 5.82 Å². The van der Waals surface area contributed by atoms with Crippen molar-refractivity contribution in [1.82, 2.24) is 9.38 Å². The van der Waals surface area contributed by atoms with E-state index in [1.807, 2.05) is 29.7 Å². The maximum absolute atomic E-state index is 5.93. The number of halogens is 1. The van der Waals surface area contributed by atoms with Crippen molar-refractivity contribution in [3.63, 3.8) is 0 Å². The van der Waals surface area contributed by atoms with Crippen molar-refractivity contribution in [3.05, 3.63) is 34.9 Å². The Kier molecular flexibility index (Phi) is 1.98. The molecule has 0 aliphatic carbocycles. The van der Waals surface area contributed by atoms with Gasteiger partial charge in [-0.2, -0.15) is 0 Å².